The summed E-state index contributed by atoms with van der Waals surface area (Å²) >= 11 is 1.51. The summed E-state index contributed by atoms with van der Waals surface area (Å²) in [6, 6.07) is 0.398. The first kappa shape index (κ1) is 12.2. The Bertz CT molecular complexity index is 440. The van der Waals surface area contributed by atoms with Crippen molar-refractivity contribution >= 4 is 11.3 Å². The molecule has 0 aliphatic rings. The van der Waals surface area contributed by atoms with E-state index in [-0.39, 0.29) is 0 Å². The van der Waals surface area contributed by atoms with Crippen molar-refractivity contribution in [1.29, 1.82) is 0 Å². The van der Waals surface area contributed by atoms with Gasteiger partial charge < -0.3 is 9.84 Å². The lowest BCUT2D eigenvalue weighted by molar-refractivity contribution is 0.356. The molecule has 2 aromatic rings. The molecule has 0 bridgehead atoms. The van der Waals surface area contributed by atoms with E-state index in [0.717, 1.165) is 24.1 Å². The van der Waals surface area contributed by atoms with Crippen LogP contribution in [0.25, 0.3) is 10.7 Å². The summed E-state index contributed by atoms with van der Waals surface area (Å²) in [6.45, 7) is 2.17. The highest BCUT2D eigenvalue weighted by Gasteiger charge is 2.14. The van der Waals surface area contributed by atoms with Crippen LogP contribution < -0.4 is 5.32 Å². The van der Waals surface area contributed by atoms with E-state index >= 15 is 0 Å². The zero-order valence-electron chi connectivity index (χ0n) is 10.0. The molecule has 0 fully saturated rings. The average molecular weight is 252 g/mol. The zero-order chi connectivity index (χ0) is 12.1. The van der Waals surface area contributed by atoms with Crippen LogP contribution in [0.15, 0.2) is 16.2 Å². The van der Waals surface area contributed by atoms with Crippen molar-refractivity contribution in [2.24, 2.45) is 0 Å². The summed E-state index contributed by atoms with van der Waals surface area (Å²) in [5.41, 5.74) is 1.76. The van der Waals surface area contributed by atoms with Gasteiger partial charge in [-0.2, -0.15) is 4.98 Å². The molecule has 92 valence electrons. The maximum Gasteiger partial charge on any atom is 0.228 e. The number of nitrogens with zero attached hydrogens (tertiary/aromatic N) is 3. The van der Waals surface area contributed by atoms with Crippen LogP contribution in [0.3, 0.4) is 0 Å². The molecule has 1 unspecified atom stereocenters. The number of rotatable bonds is 6. The lowest BCUT2D eigenvalue weighted by Gasteiger charge is -2.11. The molecule has 6 heteroatoms. The standard InChI is InChI=1S/C11H16N4OS/c1-3-4-8(12-2)5-10-14-11(15-16-10)9-6-13-7-17-9/h6-8,12H,3-5H2,1-2H3. The third-order valence-electron chi connectivity index (χ3n) is 2.59. The van der Waals surface area contributed by atoms with Gasteiger partial charge in [0, 0.05) is 18.7 Å². The Kier molecular flexibility index (Phi) is 4.22. The summed E-state index contributed by atoms with van der Waals surface area (Å²) in [4.78, 5) is 9.32. The minimum atomic E-state index is 0.398. The van der Waals surface area contributed by atoms with E-state index in [0.29, 0.717) is 17.8 Å². The van der Waals surface area contributed by atoms with Crippen LogP contribution >= 0.6 is 11.3 Å². The molecule has 2 rings (SSSR count). The Hall–Kier alpha value is -1.27. The minimum Gasteiger partial charge on any atom is -0.339 e. The smallest absolute Gasteiger partial charge is 0.228 e. The quantitative estimate of drug-likeness (QED) is 0.853. The summed E-state index contributed by atoms with van der Waals surface area (Å²) in [6.07, 6.45) is 4.77. The number of thiazole rings is 1. The second-order valence-corrected chi connectivity index (χ2v) is 4.74. The molecule has 1 atom stereocenters. The van der Waals surface area contributed by atoms with Gasteiger partial charge in [0.1, 0.15) is 0 Å². The third kappa shape index (κ3) is 3.10. The summed E-state index contributed by atoms with van der Waals surface area (Å²) in [7, 11) is 1.96. The Morgan fingerprint density at radius 1 is 1.53 bits per heavy atom. The topological polar surface area (TPSA) is 63.8 Å². The molecule has 0 radical (unpaired) electrons. The molecular weight excluding hydrogens is 236 g/mol. The Balaban J connectivity index is 2.03. The normalized spacial score (nSPS) is 12.8. The van der Waals surface area contributed by atoms with E-state index in [2.05, 4.69) is 27.4 Å². The largest absolute Gasteiger partial charge is 0.339 e. The van der Waals surface area contributed by atoms with Gasteiger partial charge in [-0.1, -0.05) is 18.5 Å². The van der Waals surface area contributed by atoms with E-state index in [1.807, 2.05) is 7.05 Å². The molecule has 5 nitrogen and oxygen atoms in total. The molecular formula is C11H16N4OS. The molecule has 2 heterocycles. The van der Waals surface area contributed by atoms with Gasteiger partial charge in [-0.15, -0.1) is 11.3 Å². The zero-order valence-corrected chi connectivity index (χ0v) is 10.8. The van der Waals surface area contributed by atoms with Crippen LogP contribution in [0.2, 0.25) is 0 Å². The monoisotopic (exact) mass is 252 g/mol. The van der Waals surface area contributed by atoms with Gasteiger partial charge in [0.2, 0.25) is 11.7 Å². The molecule has 2 aromatic heterocycles. The number of aromatic nitrogens is 3. The number of hydrogen-bond donors (Lipinski definition) is 1. The SMILES string of the molecule is CCCC(Cc1nc(-c2cncs2)no1)NC. The maximum atomic E-state index is 5.24. The van der Waals surface area contributed by atoms with E-state index in [1.54, 1.807) is 11.7 Å². The fourth-order valence-electron chi connectivity index (χ4n) is 1.67. The molecule has 17 heavy (non-hydrogen) atoms. The first-order chi connectivity index (χ1) is 8.33. The van der Waals surface area contributed by atoms with Crippen LogP contribution in [0.5, 0.6) is 0 Å². The first-order valence-electron chi connectivity index (χ1n) is 5.72. The first-order valence-corrected chi connectivity index (χ1v) is 6.60. The van der Waals surface area contributed by atoms with Crippen molar-refractivity contribution in [3.05, 3.63) is 17.6 Å². The van der Waals surface area contributed by atoms with Crippen molar-refractivity contribution < 1.29 is 4.52 Å². The molecule has 0 aliphatic heterocycles. The van der Waals surface area contributed by atoms with Crippen LogP contribution in [0.4, 0.5) is 0 Å². The van der Waals surface area contributed by atoms with Gasteiger partial charge in [0.05, 0.1) is 10.4 Å². The van der Waals surface area contributed by atoms with Crippen LogP contribution in [0.1, 0.15) is 25.7 Å². The van der Waals surface area contributed by atoms with Crippen molar-refractivity contribution in [2.75, 3.05) is 7.05 Å². The number of nitrogens with one attached hydrogen (secondary N) is 1. The van der Waals surface area contributed by atoms with Crippen molar-refractivity contribution in [2.45, 2.75) is 32.2 Å². The molecule has 0 amide bonds. The molecule has 0 saturated carbocycles. The third-order valence-corrected chi connectivity index (χ3v) is 3.36. The van der Waals surface area contributed by atoms with Gasteiger partial charge in [0.25, 0.3) is 0 Å². The lowest BCUT2D eigenvalue weighted by atomic mass is 10.1. The maximum absolute atomic E-state index is 5.24. The highest BCUT2D eigenvalue weighted by atomic mass is 32.1. The van der Waals surface area contributed by atoms with E-state index in [9.17, 15) is 0 Å². The molecule has 0 aromatic carbocycles. The van der Waals surface area contributed by atoms with Crippen molar-refractivity contribution in [3.8, 4) is 10.7 Å². The summed E-state index contributed by atoms with van der Waals surface area (Å²) < 4.78 is 5.24. The van der Waals surface area contributed by atoms with Crippen molar-refractivity contribution in [1.82, 2.24) is 20.4 Å². The van der Waals surface area contributed by atoms with Gasteiger partial charge in [0.15, 0.2) is 0 Å². The van der Waals surface area contributed by atoms with Crippen LogP contribution in [-0.4, -0.2) is 28.2 Å². The minimum absolute atomic E-state index is 0.398. The second kappa shape index (κ2) is 5.88. The fourth-order valence-corrected chi connectivity index (χ4v) is 2.22. The number of hydrogen-bond acceptors (Lipinski definition) is 6. The predicted molar refractivity (Wildman–Crippen MR) is 66.9 cm³/mol. The summed E-state index contributed by atoms with van der Waals surface area (Å²) in [5, 5.41) is 7.22. The van der Waals surface area contributed by atoms with Gasteiger partial charge in [-0.05, 0) is 13.5 Å². The average Bonchev–Trinajstić information content (AvgIpc) is 2.98. The van der Waals surface area contributed by atoms with Crippen molar-refractivity contribution in [3.63, 3.8) is 0 Å². The Morgan fingerprint density at radius 3 is 3.06 bits per heavy atom. The Morgan fingerprint density at radius 2 is 2.41 bits per heavy atom. The molecule has 0 aliphatic carbocycles. The number of likely N-dealkylation sites (N-methyl/N-ethyl adjacent to an activating group) is 1. The van der Waals surface area contributed by atoms with Crippen LogP contribution in [0, 0.1) is 0 Å². The van der Waals surface area contributed by atoms with E-state index < -0.39 is 0 Å². The van der Waals surface area contributed by atoms with E-state index in [4.69, 9.17) is 4.52 Å². The van der Waals surface area contributed by atoms with Gasteiger partial charge in [-0.25, -0.2) is 0 Å². The summed E-state index contributed by atoms with van der Waals surface area (Å²) in [5.74, 6) is 1.31. The highest BCUT2D eigenvalue weighted by molar-refractivity contribution is 7.13. The second-order valence-electron chi connectivity index (χ2n) is 3.86. The predicted octanol–water partition coefficient (Wildman–Crippen LogP) is 2.12. The highest BCUT2D eigenvalue weighted by Crippen LogP contribution is 2.20. The molecule has 0 saturated heterocycles. The molecule has 0 spiro atoms. The van der Waals surface area contributed by atoms with Gasteiger partial charge in [-0.3, -0.25) is 4.98 Å². The Labute approximate surface area is 104 Å². The van der Waals surface area contributed by atoms with Crippen LogP contribution in [-0.2, 0) is 6.42 Å². The fraction of sp³-hybridized carbons (Fsp3) is 0.545. The lowest BCUT2D eigenvalue weighted by Crippen LogP contribution is -2.27. The van der Waals surface area contributed by atoms with E-state index in [1.165, 1.54) is 11.3 Å². The molecule has 1 N–H and O–H groups in total. The van der Waals surface area contributed by atoms with Gasteiger partial charge >= 0.3 is 0 Å².